The van der Waals surface area contributed by atoms with Crippen molar-refractivity contribution in [1.82, 2.24) is 10.2 Å². The van der Waals surface area contributed by atoms with Crippen LogP contribution in [0.4, 0.5) is 0 Å². The molecule has 156 valence electrons. The van der Waals surface area contributed by atoms with E-state index in [0.717, 1.165) is 67.6 Å². The fraction of sp³-hybridized carbons (Fsp3) is 0.409. The first-order chi connectivity index (χ1) is 13.8. The Morgan fingerprint density at radius 3 is 2.86 bits per heavy atom. The second kappa shape index (κ2) is 10.7. The zero-order valence-corrected chi connectivity index (χ0v) is 19.0. The number of hydrogen-bond donors (Lipinski definition) is 1. The molecule has 0 bridgehead atoms. The van der Waals surface area contributed by atoms with Crippen molar-refractivity contribution in [3.8, 4) is 0 Å². The van der Waals surface area contributed by atoms with Crippen LogP contribution in [0, 0.1) is 5.92 Å². The van der Waals surface area contributed by atoms with Crippen LogP contribution < -0.4 is 5.32 Å². The molecule has 7 heteroatoms. The van der Waals surface area contributed by atoms with E-state index in [1.807, 2.05) is 37.4 Å². The second-order valence-electron chi connectivity index (χ2n) is 7.26. The Kier molecular flexibility index (Phi) is 8.00. The first kappa shape index (κ1) is 21.7. The first-order valence-corrected chi connectivity index (χ1v) is 9.85. The van der Waals surface area contributed by atoms with Crippen molar-refractivity contribution in [2.75, 3.05) is 33.4 Å². The third-order valence-electron chi connectivity index (χ3n) is 4.99. The van der Waals surface area contributed by atoms with E-state index in [2.05, 4.69) is 22.3 Å². The molecule has 3 aromatic rings. The van der Waals surface area contributed by atoms with Gasteiger partial charge in [0, 0.05) is 44.5 Å². The van der Waals surface area contributed by atoms with Crippen molar-refractivity contribution in [3.05, 3.63) is 60.2 Å². The number of hydrogen-bond acceptors (Lipinski definition) is 4. The molecular formula is C22H28IN3O3. The minimum Gasteiger partial charge on any atom is -0.469 e. The van der Waals surface area contributed by atoms with E-state index in [1.54, 1.807) is 6.26 Å². The zero-order chi connectivity index (χ0) is 19.2. The molecule has 1 fully saturated rings. The lowest BCUT2D eigenvalue weighted by Crippen LogP contribution is -2.39. The van der Waals surface area contributed by atoms with Crippen molar-refractivity contribution in [1.29, 1.82) is 0 Å². The summed E-state index contributed by atoms with van der Waals surface area (Å²) in [5.41, 5.74) is 0.915. The van der Waals surface area contributed by atoms with Gasteiger partial charge >= 0.3 is 0 Å². The topological polar surface area (TPSA) is 63.1 Å². The molecule has 0 radical (unpaired) electrons. The molecule has 1 saturated heterocycles. The highest BCUT2D eigenvalue weighted by atomic mass is 127. The van der Waals surface area contributed by atoms with Gasteiger partial charge in [0.25, 0.3) is 0 Å². The van der Waals surface area contributed by atoms with E-state index in [-0.39, 0.29) is 24.0 Å². The van der Waals surface area contributed by atoms with Crippen LogP contribution in [0.5, 0.6) is 0 Å². The van der Waals surface area contributed by atoms with Crippen molar-refractivity contribution in [2.45, 2.75) is 19.4 Å². The Morgan fingerprint density at radius 2 is 2.10 bits per heavy atom. The minimum atomic E-state index is 0. The van der Waals surface area contributed by atoms with E-state index >= 15 is 0 Å². The van der Waals surface area contributed by atoms with Crippen LogP contribution >= 0.6 is 24.0 Å². The smallest absolute Gasteiger partial charge is 0.194 e. The van der Waals surface area contributed by atoms with Crippen molar-refractivity contribution < 1.29 is 13.6 Å². The highest BCUT2D eigenvalue weighted by molar-refractivity contribution is 14.0. The van der Waals surface area contributed by atoms with Gasteiger partial charge in [0.15, 0.2) is 5.96 Å². The molecule has 1 aliphatic heterocycles. The summed E-state index contributed by atoms with van der Waals surface area (Å²) in [4.78, 5) is 6.96. The quantitative estimate of drug-likeness (QED) is 0.293. The minimum absolute atomic E-state index is 0. The first-order valence-electron chi connectivity index (χ1n) is 9.85. The van der Waals surface area contributed by atoms with Gasteiger partial charge in [-0.2, -0.15) is 0 Å². The van der Waals surface area contributed by atoms with Crippen LogP contribution in [0.2, 0.25) is 0 Å². The van der Waals surface area contributed by atoms with Gasteiger partial charge < -0.3 is 23.8 Å². The lowest BCUT2D eigenvalue weighted by molar-refractivity contribution is 0.187. The van der Waals surface area contributed by atoms with Crippen LogP contribution in [0.15, 0.2) is 62.6 Å². The highest BCUT2D eigenvalue weighted by Crippen LogP contribution is 2.20. The Labute approximate surface area is 188 Å². The van der Waals surface area contributed by atoms with Crippen LogP contribution in [0.3, 0.4) is 0 Å². The maximum absolute atomic E-state index is 5.97. The third-order valence-corrected chi connectivity index (χ3v) is 4.99. The molecule has 1 atom stereocenters. The van der Waals surface area contributed by atoms with Crippen LogP contribution in [-0.4, -0.2) is 44.2 Å². The lowest BCUT2D eigenvalue weighted by atomic mass is 10.1. The Balaban J connectivity index is 0.00000240. The summed E-state index contributed by atoms with van der Waals surface area (Å²) in [5, 5.41) is 4.59. The molecule has 0 spiro atoms. The molecule has 1 unspecified atom stereocenters. The predicted octanol–water partition coefficient (Wildman–Crippen LogP) is 4.30. The molecule has 1 aliphatic rings. The maximum Gasteiger partial charge on any atom is 0.194 e. The monoisotopic (exact) mass is 509 g/mol. The Bertz CT molecular complexity index is 868. The average molecular weight is 509 g/mol. The summed E-state index contributed by atoms with van der Waals surface area (Å²) in [6.45, 7) is 3.83. The number of fused-ring (bicyclic) bond motifs is 1. The van der Waals surface area contributed by atoms with Crippen molar-refractivity contribution >= 4 is 40.9 Å². The van der Waals surface area contributed by atoms with Crippen LogP contribution in [0.25, 0.3) is 11.0 Å². The number of para-hydroxylation sites is 1. The molecule has 1 aromatic carbocycles. The summed E-state index contributed by atoms with van der Waals surface area (Å²) >= 11 is 0. The lowest BCUT2D eigenvalue weighted by Gasteiger charge is -2.22. The standard InChI is InChI=1S/C22H27N3O3.HI/c1-25(15-20-13-18-5-2-3-7-21(18)28-20)22(24-14-17-9-12-26-16-17)23-10-8-19-6-4-11-27-19;/h2-7,11,13,17H,8-10,12,14-16H2,1H3,(H,23,24);1H. The summed E-state index contributed by atoms with van der Waals surface area (Å²) in [7, 11) is 2.04. The van der Waals surface area contributed by atoms with Crippen LogP contribution in [-0.2, 0) is 17.7 Å². The number of halogens is 1. The number of benzene rings is 1. The average Bonchev–Trinajstić information content (AvgIpc) is 3.45. The second-order valence-corrected chi connectivity index (χ2v) is 7.26. The molecule has 0 saturated carbocycles. The summed E-state index contributed by atoms with van der Waals surface area (Å²) in [5.74, 6) is 3.27. The van der Waals surface area contributed by atoms with Crippen molar-refractivity contribution in [3.63, 3.8) is 0 Å². The molecular weight excluding hydrogens is 481 g/mol. The summed E-state index contributed by atoms with van der Waals surface area (Å²) in [6, 6.07) is 14.1. The summed E-state index contributed by atoms with van der Waals surface area (Å²) < 4.78 is 16.9. The van der Waals surface area contributed by atoms with Crippen LogP contribution in [0.1, 0.15) is 17.9 Å². The molecule has 29 heavy (non-hydrogen) atoms. The highest BCUT2D eigenvalue weighted by Gasteiger charge is 2.17. The number of nitrogens with one attached hydrogen (secondary N) is 1. The van der Waals surface area contributed by atoms with Gasteiger partial charge in [0.05, 0.1) is 19.4 Å². The molecule has 1 N–H and O–H groups in total. The molecule has 0 amide bonds. The van der Waals surface area contributed by atoms with Gasteiger partial charge in [0.1, 0.15) is 17.1 Å². The number of guanidine groups is 1. The predicted molar refractivity (Wildman–Crippen MR) is 125 cm³/mol. The SMILES string of the molecule is CN(Cc1cc2ccccc2o1)C(=NCC1CCOC1)NCCc1ccco1.I. The normalized spacial score (nSPS) is 16.7. The maximum atomic E-state index is 5.97. The zero-order valence-electron chi connectivity index (χ0n) is 16.7. The number of rotatable bonds is 7. The van der Waals surface area contributed by atoms with E-state index in [0.29, 0.717) is 12.5 Å². The fourth-order valence-corrected chi connectivity index (χ4v) is 3.43. The molecule has 3 heterocycles. The van der Waals surface area contributed by atoms with Gasteiger partial charge in [-0.3, -0.25) is 4.99 Å². The van der Waals surface area contributed by atoms with Gasteiger partial charge in [-0.25, -0.2) is 0 Å². The molecule has 2 aromatic heterocycles. The van der Waals surface area contributed by atoms with E-state index in [1.165, 1.54) is 0 Å². The van der Waals surface area contributed by atoms with Gasteiger partial charge in [-0.1, -0.05) is 18.2 Å². The number of nitrogens with zero attached hydrogens (tertiary/aromatic N) is 2. The van der Waals surface area contributed by atoms with E-state index < -0.39 is 0 Å². The fourth-order valence-electron chi connectivity index (χ4n) is 3.43. The van der Waals surface area contributed by atoms with E-state index in [4.69, 9.17) is 18.6 Å². The number of furan rings is 2. The van der Waals surface area contributed by atoms with Gasteiger partial charge in [0.2, 0.25) is 0 Å². The Hall–Kier alpha value is -2.00. The number of ether oxygens (including phenoxy) is 1. The summed E-state index contributed by atoms with van der Waals surface area (Å²) in [6.07, 6.45) is 3.60. The van der Waals surface area contributed by atoms with Crippen molar-refractivity contribution in [2.24, 2.45) is 10.9 Å². The third kappa shape index (κ3) is 5.99. The number of aliphatic imine (C=N–C) groups is 1. The van der Waals surface area contributed by atoms with E-state index in [9.17, 15) is 0 Å². The Morgan fingerprint density at radius 1 is 1.21 bits per heavy atom. The molecule has 6 nitrogen and oxygen atoms in total. The molecule has 4 rings (SSSR count). The van der Waals surface area contributed by atoms with Gasteiger partial charge in [-0.05, 0) is 30.7 Å². The molecule has 0 aliphatic carbocycles. The van der Waals surface area contributed by atoms with Gasteiger partial charge in [-0.15, -0.1) is 24.0 Å². The largest absolute Gasteiger partial charge is 0.469 e.